The van der Waals surface area contributed by atoms with Crippen LogP contribution in [0.15, 0.2) is 18.6 Å². The molecule has 9 heteroatoms. The van der Waals surface area contributed by atoms with E-state index in [1.807, 2.05) is 0 Å². The molecule has 2 aromatic rings. The third-order valence-electron chi connectivity index (χ3n) is 1.92. The molecule has 0 saturated heterocycles. The highest BCUT2D eigenvalue weighted by Gasteiger charge is 2.15. The molecule has 0 unspecified atom stereocenters. The van der Waals surface area contributed by atoms with E-state index >= 15 is 0 Å². The fraction of sp³-hybridized carbons (Fsp3) is 0.125. The lowest BCUT2D eigenvalue weighted by molar-refractivity contribution is -0.384. The number of nitrogens with zero attached hydrogens (tertiary/aromatic N) is 4. The van der Waals surface area contributed by atoms with Gasteiger partial charge in [-0.2, -0.15) is 5.10 Å². The van der Waals surface area contributed by atoms with E-state index in [1.54, 1.807) is 0 Å². The average Bonchev–Trinajstić information content (AvgIpc) is 2.80. The number of aromatic amines is 1. The second kappa shape index (κ2) is 4.74. The van der Waals surface area contributed by atoms with Crippen LogP contribution in [0.1, 0.15) is 5.82 Å². The van der Waals surface area contributed by atoms with Gasteiger partial charge >= 0.3 is 5.69 Å². The fourth-order valence-corrected chi connectivity index (χ4v) is 1.34. The van der Waals surface area contributed by atoms with E-state index in [9.17, 15) is 10.1 Å². The summed E-state index contributed by atoms with van der Waals surface area (Å²) < 4.78 is 0. The molecule has 88 valence electrons. The molecule has 0 aliphatic heterocycles. The molecule has 0 aliphatic rings. The number of aromatic nitrogens is 4. The second-order valence-corrected chi connectivity index (χ2v) is 3.50. The zero-order chi connectivity index (χ0) is 12.3. The monoisotopic (exact) mass is 254 g/mol. The van der Waals surface area contributed by atoms with Gasteiger partial charge in [-0.3, -0.25) is 15.2 Å². The van der Waals surface area contributed by atoms with Crippen molar-refractivity contribution >= 4 is 23.1 Å². The minimum Gasteiger partial charge on any atom is -0.357 e. The van der Waals surface area contributed by atoms with E-state index in [1.165, 1.54) is 18.6 Å². The van der Waals surface area contributed by atoms with Crippen molar-refractivity contribution < 1.29 is 4.92 Å². The van der Waals surface area contributed by atoms with Gasteiger partial charge in [-0.15, -0.1) is 0 Å². The molecule has 0 atom stereocenters. The molecule has 0 bridgehead atoms. The van der Waals surface area contributed by atoms with Crippen LogP contribution in [0.5, 0.6) is 0 Å². The quantitative estimate of drug-likeness (QED) is 0.630. The van der Waals surface area contributed by atoms with Crippen LogP contribution in [0.2, 0.25) is 5.02 Å². The summed E-state index contributed by atoms with van der Waals surface area (Å²) in [5.74, 6) is 0.687. The van der Waals surface area contributed by atoms with E-state index in [0.717, 1.165) is 0 Å². The lowest BCUT2D eigenvalue weighted by Gasteiger charge is -2.03. The number of halogens is 1. The first-order chi connectivity index (χ1) is 8.16. The van der Waals surface area contributed by atoms with Crippen LogP contribution in [0, 0.1) is 10.1 Å². The van der Waals surface area contributed by atoms with Gasteiger partial charge in [0.1, 0.15) is 12.2 Å². The first-order valence-corrected chi connectivity index (χ1v) is 4.92. The average molecular weight is 255 g/mol. The molecule has 2 aromatic heterocycles. The van der Waals surface area contributed by atoms with E-state index in [4.69, 9.17) is 11.6 Å². The lowest BCUT2D eigenvalue weighted by atomic mass is 10.4. The maximum atomic E-state index is 10.8. The van der Waals surface area contributed by atoms with Crippen LogP contribution in [0.3, 0.4) is 0 Å². The van der Waals surface area contributed by atoms with E-state index in [-0.39, 0.29) is 23.1 Å². The normalized spacial score (nSPS) is 10.2. The molecule has 2 heterocycles. The Hall–Kier alpha value is -2.22. The van der Waals surface area contributed by atoms with E-state index in [0.29, 0.717) is 5.82 Å². The Bertz CT molecular complexity index is 529. The molecular weight excluding hydrogens is 248 g/mol. The largest absolute Gasteiger partial charge is 0.357 e. The number of anilines is 1. The summed E-state index contributed by atoms with van der Waals surface area (Å²) in [6.45, 7) is 0.259. The predicted molar refractivity (Wildman–Crippen MR) is 59.6 cm³/mol. The number of hydrogen-bond donors (Lipinski definition) is 2. The predicted octanol–water partition coefficient (Wildman–Crippen LogP) is 1.37. The van der Waals surface area contributed by atoms with Crippen LogP contribution in [-0.4, -0.2) is 25.1 Å². The number of nitrogens with one attached hydrogen (secondary N) is 2. The van der Waals surface area contributed by atoms with E-state index in [2.05, 4.69) is 25.5 Å². The smallest absolute Gasteiger partial charge is 0.312 e. The van der Waals surface area contributed by atoms with Gasteiger partial charge in [0.25, 0.3) is 0 Å². The van der Waals surface area contributed by atoms with Gasteiger partial charge in [-0.25, -0.2) is 9.97 Å². The van der Waals surface area contributed by atoms with Crippen molar-refractivity contribution in [3.63, 3.8) is 0 Å². The Morgan fingerprint density at radius 2 is 2.35 bits per heavy atom. The lowest BCUT2D eigenvalue weighted by Crippen LogP contribution is -2.05. The molecule has 0 aromatic carbocycles. The molecule has 0 saturated carbocycles. The minimum atomic E-state index is -0.554. The van der Waals surface area contributed by atoms with E-state index < -0.39 is 4.92 Å². The van der Waals surface area contributed by atoms with Crippen LogP contribution in [0.25, 0.3) is 0 Å². The van der Waals surface area contributed by atoms with Gasteiger partial charge in [-0.1, -0.05) is 11.6 Å². The SMILES string of the molecule is O=[N+]([O-])c1cc(Cl)cnc1NCc1ncn[nH]1. The van der Waals surface area contributed by atoms with Crippen molar-refractivity contribution in [3.05, 3.63) is 39.6 Å². The van der Waals surface area contributed by atoms with Gasteiger partial charge in [0.15, 0.2) is 0 Å². The highest BCUT2D eigenvalue weighted by molar-refractivity contribution is 6.30. The third-order valence-corrected chi connectivity index (χ3v) is 2.13. The van der Waals surface area contributed by atoms with Crippen LogP contribution in [0.4, 0.5) is 11.5 Å². The Kier molecular flexibility index (Phi) is 3.15. The van der Waals surface area contributed by atoms with Crippen molar-refractivity contribution in [3.8, 4) is 0 Å². The molecular formula is C8H7ClN6O2. The standard InChI is InChI=1S/C8H7ClN6O2/c9-5-1-6(15(16)17)8(10-2-5)11-3-7-12-4-13-14-7/h1-2,4H,3H2,(H,10,11)(H,12,13,14). The van der Waals surface area contributed by atoms with Crippen molar-refractivity contribution in [1.29, 1.82) is 0 Å². The number of nitro groups is 1. The fourth-order valence-electron chi connectivity index (χ4n) is 1.19. The Balaban J connectivity index is 2.17. The molecule has 2 N–H and O–H groups in total. The van der Waals surface area contributed by atoms with Crippen LogP contribution < -0.4 is 5.32 Å². The van der Waals surface area contributed by atoms with Crippen molar-refractivity contribution in [2.75, 3.05) is 5.32 Å². The summed E-state index contributed by atoms with van der Waals surface area (Å²) in [4.78, 5) is 17.9. The highest BCUT2D eigenvalue weighted by Crippen LogP contribution is 2.25. The maximum absolute atomic E-state index is 10.8. The van der Waals surface area contributed by atoms with Crippen LogP contribution in [-0.2, 0) is 6.54 Å². The topological polar surface area (TPSA) is 110 Å². The maximum Gasteiger partial charge on any atom is 0.312 e. The summed E-state index contributed by atoms with van der Waals surface area (Å²) in [5, 5.41) is 20.0. The first-order valence-electron chi connectivity index (χ1n) is 4.55. The summed E-state index contributed by atoms with van der Waals surface area (Å²) in [5.41, 5.74) is -0.183. The van der Waals surface area contributed by atoms with Gasteiger partial charge < -0.3 is 5.32 Å². The molecule has 0 radical (unpaired) electrons. The summed E-state index contributed by atoms with van der Waals surface area (Å²) in [7, 11) is 0. The first kappa shape index (κ1) is 11.3. The molecule has 0 fully saturated rings. The highest BCUT2D eigenvalue weighted by atomic mass is 35.5. The number of rotatable bonds is 4. The third kappa shape index (κ3) is 2.67. The summed E-state index contributed by atoms with van der Waals surface area (Å²) in [6, 6.07) is 1.23. The second-order valence-electron chi connectivity index (χ2n) is 3.06. The molecule has 2 rings (SSSR count). The molecule has 0 spiro atoms. The molecule has 8 nitrogen and oxygen atoms in total. The zero-order valence-electron chi connectivity index (χ0n) is 8.42. The van der Waals surface area contributed by atoms with Gasteiger partial charge in [0, 0.05) is 12.3 Å². The van der Waals surface area contributed by atoms with Crippen LogP contribution >= 0.6 is 11.6 Å². The summed E-state index contributed by atoms with van der Waals surface area (Å²) in [6.07, 6.45) is 2.68. The Morgan fingerprint density at radius 1 is 1.53 bits per heavy atom. The van der Waals surface area contributed by atoms with Gasteiger partial charge in [-0.05, 0) is 0 Å². The minimum absolute atomic E-state index is 0.135. The van der Waals surface area contributed by atoms with Crippen molar-refractivity contribution in [1.82, 2.24) is 20.2 Å². The summed E-state index contributed by atoms with van der Waals surface area (Å²) >= 11 is 5.64. The van der Waals surface area contributed by atoms with Gasteiger partial charge in [0.2, 0.25) is 5.82 Å². The van der Waals surface area contributed by atoms with Crippen molar-refractivity contribution in [2.24, 2.45) is 0 Å². The molecule has 17 heavy (non-hydrogen) atoms. The number of hydrogen-bond acceptors (Lipinski definition) is 6. The Labute approximate surface area is 100 Å². The molecule has 0 amide bonds. The number of H-pyrrole nitrogens is 1. The van der Waals surface area contributed by atoms with Gasteiger partial charge in [0.05, 0.1) is 16.5 Å². The zero-order valence-corrected chi connectivity index (χ0v) is 9.18. The molecule has 0 aliphatic carbocycles. The number of pyridine rings is 1. The Morgan fingerprint density at radius 3 is 3.00 bits per heavy atom. The van der Waals surface area contributed by atoms with Crippen molar-refractivity contribution in [2.45, 2.75) is 6.54 Å².